The fourth-order valence-electron chi connectivity index (χ4n) is 1.71. The minimum Gasteiger partial charge on any atom is -0.508 e. The topological polar surface area (TPSA) is 66.8 Å². The highest BCUT2D eigenvalue weighted by Gasteiger charge is 2.13. The summed E-state index contributed by atoms with van der Waals surface area (Å²) in [7, 11) is 1.58. The highest BCUT2D eigenvalue weighted by atomic mass is 32.2. The van der Waals surface area contributed by atoms with Gasteiger partial charge in [0.05, 0.1) is 18.4 Å². The second-order valence-corrected chi connectivity index (χ2v) is 5.08. The molecule has 2 aromatic carbocycles. The summed E-state index contributed by atoms with van der Waals surface area (Å²) in [5.74, 6) is 0.393. The molecule has 0 heterocycles. The molecule has 0 saturated carbocycles. The van der Waals surface area contributed by atoms with E-state index in [4.69, 9.17) is 4.74 Å². The largest absolute Gasteiger partial charge is 0.508 e. The van der Waals surface area contributed by atoms with Gasteiger partial charge in [0.2, 0.25) is 0 Å². The molecule has 0 aliphatic rings. The Morgan fingerprint density at radius 3 is 2.65 bits per heavy atom. The van der Waals surface area contributed by atoms with Gasteiger partial charge in [0.1, 0.15) is 17.2 Å². The summed E-state index contributed by atoms with van der Waals surface area (Å²) in [4.78, 5) is 12.9. The maximum absolute atomic E-state index is 12.0. The van der Waals surface area contributed by atoms with Crippen molar-refractivity contribution in [3.8, 4) is 17.2 Å². The van der Waals surface area contributed by atoms with Crippen LogP contribution < -0.4 is 4.74 Å². The van der Waals surface area contributed by atoms with Gasteiger partial charge in [0.15, 0.2) is 5.78 Å². The molecular weight excluding hydrogens is 276 g/mol. The highest BCUT2D eigenvalue weighted by Crippen LogP contribution is 2.30. The molecule has 20 heavy (non-hydrogen) atoms. The van der Waals surface area contributed by atoms with Gasteiger partial charge in [-0.25, -0.2) is 0 Å². The van der Waals surface area contributed by atoms with Crippen molar-refractivity contribution in [1.82, 2.24) is 0 Å². The first kappa shape index (κ1) is 14.3. The van der Waals surface area contributed by atoms with E-state index >= 15 is 0 Å². The number of carbonyl (C=O) groups excluding carboxylic acids is 1. The zero-order chi connectivity index (χ0) is 14.5. The second-order valence-electron chi connectivity index (χ2n) is 4.06. The Hall–Kier alpha value is -2.14. The Morgan fingerprint density at radius 1 is 1.20 bits per heavy atom. The van der Waals surface area contributed by atoms with Gasteiger partial charge in [0, 0.05) is 11.0 Å². The molecule has 5 heteroatoms. The predicted molar refractivity (Wildman–Crippen MR) is 77.8 cm³/mol. The molecule has 0 spiro atoms. The minimum atomic E-state index is -0.212. The smallest absolute Gasteiger partial charge is 0.176 e. The number of Topliss-reactive ketones (excluding diaryl/α,β-unsaturated/α-hetero) is 1. The standard InChI is InChI=1S/C15H14O4S/c1-19-14-4-2-3-5-15(14)20-9-13(18)11-7-6-10(16)8-12(11)17/h2-8,16-17H,9H2,1H3. The number of phenolic OH excluding ortho intramolecular Hbond substituents is 2. The van der Waals surface area contributed by atoms with Gasteiger partial charge in [-0.3, -0.25) is 4.79 Å². The maximum Gasteiger partial charge on any atom is 0.176 e. The third-order valence-electron chi connectivity index (χ3n) is 2.71. The summed E-state index contributed by atoms with van der Waals surface area (Å²) >= 11 is 1.34. The number of ether oxygens (including phenoxy) is 1. The predicted octanol–water partition coefficient (Wildman–Crippen LogP) is 3.08. The molecular formula is C15H14O4S. The molecule has 2 rings (SSSR count). The lowest BCUT2D eigenvalue weighted by Gasteiger charge is -2.08. The molecule has 0 aliphatic carbocycles. The number of hydrogen-bond donors (Lipinski definition) is 2. The first-order valence-electron chi connectivity index (χ1n) is 5.93. The van der Waals surface area contributed by atoms with Crippen molar-refractivity contribution in [2.24, 2.45) is 0 Å². The Bertz CT molecular complexity index is 625. The van der Waals surface area contributed by atoms with E-state index in [2.05, 4.69) is 0 Å². The lowest BCUT2D eigenvalue weighted by molar-refractivity contribution is 0.102. The summed E-state index contributed by atoms with van der Waals surface area (Å²) in [6, 6.07) is 11.4. The van der Waals surface area contributed by atoms with Crippen molar-refractivity contribution in [3.63, 3.8) is 0 Å². The molecule has 0 atom stereocenters. The molecule has 0 unspecified atom stereocenters. The van der Waals surface area contributed by atoms with Crippen LogP contribution in [0.15, 0.2) is 47.4 Å². The maximum atomic E-state index is 12.0. The number of benzene rings is 2. The molecule has 0 amide bonds. The number of aromatic hydroxyl groups is 2. The fraction of sp³-hybridized carbons (Fsp3) is 0.133. The van der Waals surface area contributed by atoms with Crippen molar-refractivity contribution >= 4 is 17.5 Å². The van der Waals surface area contributed by atoms with Crippen LogP contribution in [-0.4, -0.2) is 28.9 Å². The zero-order valence-electron chi connectivity index (χ0n) is 10.9. The normalized spacial score (nSPS) is 10.2. The molecule has 0 bridgehead atoms. The molecule has 0 radical (unpaired) electrons. The van der Waals surface area contributed by atoms with Crippen LogP contribution in [0, 0.1) is 0 Å². The van der Waals surface area contributed by atoms with Crippen LogP contribution in [-0.2, 0) is 0 Å². The fourth-order valence-corrected chi connectivity index (χ4v) is 2.63. The monoisotopic (exact) mass is 290 g/mol. The number of rotatable bonds is 5. The van der Waals surface area contributed by atoms with Crippen molar-refractivity contribution in [3.05, 3.63) is 48.0 Å². The molecule has 0 aliphatic heterocycles. The Labute approximate surface area is 121 Å². The van der Waals surface area contributed by atoms with Crippen LogP contribution in [0.5, 0.6) is 17.2 Å². The van der Waals surface area contributed by atoms with Crippen LogP contribution in [0.1, 0.15) is 10.4 Å². The highest BCUT2D eigenvalue weighted by molar-refractivity contribution is 8.00. The van der Waals surface area contributed by atoms with E-state index in [-0.39, 0.29) is 28.6 Å². The first-order chi connectivity index (χ1) is 9.61. The average Bonchev–Trinajstić information content (AvgIpc) is 2.45. The van der Waals surface area contributed by atoms with Gasteiger partial charge >= 0.3 is 0 Å². The van der Waals surface area contributed by atoms with Gasteiger partial charge in [-0.2, -0.15) is 0 Å². The summed E-state index contributed by atoms with van der Waals surface area (Å²) in [5, 5.41) is 18.8. The summed E-state index contributed by atoms with van der Waals surface area (Å²) in [5.41, 5.74) is 0.199. The van der Waals surface area contributed by atoms with E-state index in [1.54, 1.807) is 7.11 Å². The van der Waals surface area contributed by atoms with Gasteiger partial charge in [-0.1, -0.05) is 12.1 Å². The van der Waals surface area contributed by atoms with Crippen LogP contribution in [0.25, 0.3) is 0 Å². The second kappa shape index (κ2) is 6.34. The first-order valence-corrected chi connectivity index (χ1v) is 6.91. The van der Waals surface area contributed by atoms with E-state index in [1.807, 2.05) is 24.3 Å². The summed E-state index contributed by atoms with van der Waals surface area (Å²) in [6.45, 7) is 0. The number of phenols is 2. The molecule has 104 valence electrons. The minimum absolute atomic E-state index is 0.0727. The number of para-hydroxylation sites is 1. The number of hydrogen-bond acceptors (Lipinski definition) is 5. The molecule has 2 N–H and O–H groups in total. The van der Waals surface area contributed by atoms with Gasteiger partial charge < -0.3 is 14.9 Å². The lowest BCUT2D eigenvalue weighted by atomic mass is 10.1. The molecule has 0 fully saturated rings. The Balaban J connectivity index is 2.09. The van der Waals surface area contributed by atoms with E-state index in [0.29, 0.717) is 5.75 Å². The molecule has 0 aromatic heterocycles. The van der Waals surface area contributed by atoms with Gasteiger partial charge in [0.25, 0.3) is 0 Å². The van der Waals surface area contributed by atoms with E-state index in [1.165, 1.54) is 23.9 Å². The molecule has 2 aromatic rings. The van der Waals surface area contributed by atoms with Crippen molar-refractivity contribution in [1.29, 1.82) is 0 Å². The van der Waals surface area contributed by atoms with E-state index < -0.39 is 0 Å². The Morgan fingerprint density at radius 2 is 1.95 bits per heavy atom. The SMILES string of the molecule is COc1ccccc1SCC(=O)c1ccc(O)cc1O. The number of carbonyl (C=O) groups is 1. The van der Waals surface area contributed by atoms with Crippen LogP contribution >= 0.6 is 11.8 Å². The summed E-state index contributed by atoms with van der Waals surface area (Å²) in [6.07, 6.45) is 0. The van der Waals surface area contributed by atoms with Gasteiger partial charge in [-0.05, 0) is 24.3 Å². The number of thioether (sulfide) groups is 1. The third kappa shape index (κ3) is 3.24. The molecule has 0 saturated heterocycles. The van der Waals surface area contributed by atoms with Crippen molar-refractivity contribution in [2.75, 3.05) is 12.9 Å². The Kier molecular flexibility index (Phi) is 4.53. The van der Waals surface area contributed by atoms with E-state index in [0.717, 1.165) is 11.0 Å². The quantitative estimate of drug-likeness (QED) is 0.654. The number of methoxy groups -OCH3 is 1. The van der Waals surface area contributed by atoms with Crippen LogP contribution in [0.4, 0.5) is 0 Å². The zero-order valence-corrected chi connectivity index (χ0v) is 11.7. The van der Waals surface area contributed by atoms with Gasteiger partial charge in [-0.15, -0.1) is 11.8 Å². The number of ketones is 1. The van der Waals surface area contributed by atoms with Crippen LogP contribution in [0.2, 0.25) is 0 Å². The van der Waals surface area contributed by atoms with E-state index in [9.17, 15) is 15.0 Å². The van der Waals surface area contributed by atoms with Crippen molar-refractivity contribution in [2.45, 2.75) is 4.90 Å². The summed E-state index contributed by atoms with van der Waals surface area (Å²) < 4.78 is 5.21. The molecule has 4 nitrogen and oxygen atoms in total. The third-order valence-corrected chi connectivity index (χ3v) is 3.76. The van der Waals surface area contributed by atoms with Crippen LogP contribution in [0.3, 0.4) is 0 Å². The lowest BCUT2D eigenvalue weighted by Crippen LogP contribution is -2.02. The van der Waals surface area contributed by atoms with Crippen molar-refractivity contribution < 1.29 is 19.7 Å². The average molecular weight is 290 g/mol.